The second-order valence-corrected chi connectivity index (χ2v) is 5.42. The first-order valence-electron chi connectivity index (χ1n) is 7.90. The Labute approximate surface area is 137 Å². The fraction of sp³-hybridized carbons (Fsp3) is 0.529. The van der Waals surface area contributed by atoms with Crippen molar-refractivity contribution in [3.63, 3.8) is 0 Å². The van der Waals surface area contributed by atoms with Crippen LogP contribution in [0.2, 0.25) is 0 Å². The van der Waals surface area contributed by atoms with Crippen molar-refractivity contribution in [3.05, 3.63) is 23.8 Å². The molecule has 1 aromatic carbocycles. The maximum Gasteiger partial charge on any atom is 0.261 e. The Balaban J connectivity index is 2.19. The molecule has 1 heterocycles. The van der Waals surface area contributed by atoms with Gasteiger partial charge in [-0.05, 0) is 18.6 Å². The molecule has 0 radical (unpaired) electrons. The largest absolute Gasteiger partial charge is 0.496 e. The number of carbonyl (C=O) groups is 2. The number of nitrogens with zero attached hydrogens (tertiary/aromatic N) is 2. The van der Waals surface area contributed by atoms with Gasteiger partial charge >= 0.3 is 0 Å². The van der Waals surface area contributed by atoms with Gasteiger partial charge in [0, 0.05) is 32.6 Å². The molecule has 1 aliphatic rings. The molecule has 1 fully saturated rings. The minimum Gasteiger partial charge on any atom is -0.496 e. The molecule has 0 atom stereocenters. The van der Waals surface area contributed by atoms with E-state index in [1.807, 2.05) is 11.8 Å². The summed E-state index contributed by atoms with van der Waals surface area (Å²) >= 11 is 0. The fourth-order valence-corrected chi connectivity index (χ4v) is 2.81. The third-order valence-electron chi connectivity index (χ3n) is 4.08. The van der Waals surface area contributed by atoms with Crippen LogP contribution in [0.3, 0.4) is 0 Å². The third kappa shape index (κ3) is 3.75. The van der Waals surface area contributed by atoms with Crippen LogP contribution in [0.1, 0.15) is 30.1 Å². The molecular formula is C17H24N2O4. The molecule has 0 aromatic heterocycles. The van der Waals surface area contributed by atoms with Crippen LogP contribution in [0, 0.1) is 0 Å². The second-order valence-electron chi connectivity index (χ2n) is 5.42. The van der Waals surface area contributed by atoms with Gasteiger partial charge in [-0.1, -0.05) is 13.0 Å². The summed E-state index contributed by atoms with van der Waals surface area (Å²) in [5.74, 6) is 1.01. The molecule has 1 aromatic rings. The van der Waals surface area contributed by atoms with Crippen molar-refractivity contribution in [2.24, 2.45) is 0 Å². The van der Waals surface area contributed by atoms with Gasteiger partial charge < -0.3 is 19.3 Å². The number of benzene rings is 1. The van der Waals surface area contributed by atoms with Crippen LogP contribution in [0.5, 0.6) is 11.5 Å². The van der Waals surface area contributed by atoms with Gasteiger partial charge in [0.05, 0.1) is 14.2 Å². The summed E-state index contributed by atoms with van der Waals surface area (Å²) in [6.07, 6.45) is 1.27. The number of ether oxygens (including phenoxy) is 2. The molecule has 1 saturated heterocycles. The Kier molecular flexibility index (Phi) is 5.84. The second kappa shape index (κ2) is 7.85. The molecule has 6 heteroatoms. The smallest absolute Gasteiger partial charge is 0.261 e. The lowest BCUT2D eigenvalue weighted by Gasteiger charge is -2.23. The van der Waals surface area contributed by atoms with Gasteiger partial charge in [-0.3, -0.25) is 9.59 Å². The summed E-state index contributed by atoms with van der Waals surface area (Å²) in [7, 11) is 3.07. The maximum atomic E-state index is 12.9. The molecule has 0 saturated carbocycles. The van der Waals surface area contributed by atoms with Crippen molar-refractivity contribution in [1.29, 1.82) is 0 Å². The first kappa shape index (κ1) is 17.1. The van der Waals surface area contributed by atoms with Gasteiger partial charge in [0.2, 0.25) is 5.91 Å². The molecule has 0 bridgehead atoms. The van der Waals surface area contributed by atoms with Crippen LogP contribution < -0.4 is 9.47 Å². The normalized spacial score (nSPS) is 15.1. The maximum absolute atomic E-state index is 12.9. The molecule has 23 heavy (non-hydrogen) atoms. The summed E-state index contributed by atoms with van der Waals surface area (Å²) in [4.78, 5) is 28.4. The fourth-order valence-electron chi connectivity index (χ4n) is 2.81. The molecule has 0 unspecified atom stereocenters. The highest BCUT2D eigenvalue weighted by atomic mass is 16.5. The summed E-state index contributed by atoms with van der Waals surface area (Å²) in [6.45, 7) is 4.25. The highest BCUT2D eigenvalue weighted by molar-refractivity contribution is 5.99. The Morgan fingerprint density at radius 3 is 2.13 bits per heavy atom. The molecule has 0 N–H and O–H groups in total. The number of amides is 2. The van der Waals surface area contributed by atoms with Crippen LogP contribution in [0.25, 0.3) is 0 Å². The van der Waals surface area contributed by atoms with Gasteiger partial charge in [-0.25, -0.2) is 0 Å². The van der Waals surface area contributed by atoms with Crippen LogP contribution >= 0.6 is 0 Å². The number of rotatable bonds is 4. The van der Waals surface area contributed by atoms with Crippen molar-refractivity contribution in [2.45, 2.75) is 19.8 Å². The Morgan fingerprint density at radius 2 is 1.57 bits per heavy atom. The number of methoxy groups -OCH3 is 2. The third-order valence-corrected chi connectivity index (χ3v) is 4.08. The van der Waals surface area contributed by atoms with E-state index in [0.717, 1.165) is 6.42 Å². The minimum atomic E-state index is -0.120. The predicted octanol–water partition coefficient (Wildman–Crippen LogP) is 1.79. The van der Waals surface area contributed by atoms with Crippen LogP contribution in [0.15, 0.2) is 18.2 Å². The molecule has 0 aliphatic carbocycles. The summed E-state index contributed by atoms with van der Waals surface area (Å²) in [6, 6.07) is 5.29. The number of hydrogen-bond donors (Lipinski definition) is 0. The Morgan fingerprint density at radius 1 is 1.00 bits per heavy atom. The number of carbonyl (C=O) groups excluding carboxylic acids is 2. The Bertz CT molecular complexity index is 551. The van der Waals surface area contributed by atoms with Crippen molar-refractivity contribution in [2.75, 3.05) is 40.4 Å². The van der Waals surface area contributed by atoms with Crippen molar-refractivity contribution < 1.29 is 19.1 Å². The van der Waals surface area contributed by atoms with E-state index in [9.17, 15) is 9.59 Å². The highest BCUT2D eigenvalue weighted by Gasteiger charge is 2.26. The van der Waals surface area contributed by atoms with E-state index in [1.165, 1.54) is 14.2 Å². The molecule has 2 rings (SSSR count). The summed E-state index contributed by atoms with van der Waals surface area (Å²) < 4.78 is 10.6. The van der Waals surface area contributed by atoms with Gasteiger partial charge in [0.1, 0.15) is 17.1 Å². The Hall–Kier alpha value is -2.24. The molecule has 6 nitrogen and oxygen atoms in total. The number of hydrogen-bond acceptors (Lipinski definition) is 4. The van der Waals surface area contributed by atoms with Crippen LogP contribution in [-0.2, 0) is 4.79 Å². The molecule has 1 aliphatic heterocycles. The molecule has 2 amide bonds. The summed E-state index contributed by atoms with van der Waals surface area (Å²) in [5.41, 5.74) is 0.438. The van der Waals surface area contributed by atoms with Crippen molar-refractivity contribution in [3.8, 4) is 11.5 Å². The first-order chi connectivity index (χ1) is 11.1. The quantitative estimate of drug-likeness (QED) is 0.848. The van der Waals surface area contributed by atoms with Crippen molar-refractivity contribution >= 4 is 11.8 Å². The zero-order valence-corrected chi connectivity index (χ0v) is 14.0. The van der Waals surface area contributed by atoms with E-state index in [1.54, 1.807) is 23.1 Å². The van der Waals surface area contributed by atoms with E-state index in [-0.39, 0.29) is 11.8 Å². The lowest BCUT2D eigenvalue weighted by molar-refractivity contribution is -0.130. The van der Waals surface area contributed by atoms with Gasteiger partial charge in [0.15, 0.2) is 0 Å². The SMILES string of the molecule is CCC(=O)N1CCCN(C(=O)c2c(OC)cccc2OC)CC1. The van der Waals surface area contributed by atoms with E-state index in [0.29, 0.717) is 49.7 Å². The van der Waals surface area contributed by atoms with E-state index >= 15 is 0 Å². The van der Waals surface area contributed by atoms with E-state index in [2.05, 4.69) is 0 Å². The molecule has 126 valence electrons. The first-order valence-corrected chi connectivity index (χ1v) is 7.90. The topological polar surface area (TPSA) is 59.1 Å². The standard InChI is InChI=1S/C17H24N2O4/c1-4-15(20)18-9-6-10-19(12-11-18)17(21)16-13(22-2)7-5-8-14(16)23-3/h5,7-8H,4,6,9-12H2,1-3H3. The lowest BCUT2D eigenvalue weighted by atomic mass is 10.1. The van der Waals surface area contributed by atoms with Gasteiger partial charge in [-0.15, -0.1) is 0 Å². The molecular weight excluding hydrogens is 296 g/mol. The van der Waals surface area contributed by atoms with Gasteiger partial charge in [-0.2, -0.15) is 0 Å². The predicted molar refractivity (Wildman–Crippen MR) is 86.9 cm³/mol. The van der Waals surface area contributed by atoms with Crippen molar-refractivity contribution in [1.82, 2.24) is 9.80 Å². The minimum absolute atomic E-state index is 0.120. The average molecular weight is 320 g/mol. The zero-order valence-electron chi connectivity index (χ0n) is 14.0. The van der Waals surface area contributed by atoms with E-state index in [4.69, 9.17) is 9.47 Å². The average Bonchev–Trinajstić information content (AvgIpc) is 2.85. The molecule has 0 spiro atoms. The monoisotopic (exact) mass is 320 g/mol. The lowest BCUT2D eigenvalue weighted by Crippen LogP contribution is -2.37. The van der Waals surface area contributed by atoms with Gasteiger partial charge in [0.25, 0.3) is 5.91 Å². The van der Waals surface area contributed by atoms with Crippen LogP contribution in [-0.4, -0.2) is 62.0 Å². The van der Waals surface area contributed by atoms with E-state index < -0.39 is 0 Å². The highest BCUT2D eigenvalue weighted by Crippen LogP contribution is 2.29. The van der Waals surface area contributed by atoms with Crippen LogP contribution in [0.4, 0.5) is 0 Å². The summed E-state index contributed by atoms with van der Waals surface area (Å²) in [5, 5.41) is 0. The zero-order chi connectivity index (χ0) is 16.8.